The van der Waals surface area contributed by atoms with Gasteiger partial charge in [0.1, 0.15) is 17.1 Å². The molecule has 3 N–H and O–H groups in total. The minimum Gasteiger partial charge on any atom is -0.465 e. The first-order chi connectivity index (χ1) is 12.6. The van der Waals surface area contributed by atoms with Crippen molar-refractivity contribution in [3.8, 4) is 0 Å². The van der Waals surface area contributed by atoms with Crippen molar-refractivity contribution in [2.75, 3.05) is 4.90 Å². The summed E-state index contributed by atoms with van der Waals surface area (Å²) in [5.41, 5.74) is 4.83. The van der Waals surface area contributed by atoms with Gasteiger partial charge in [0.2, 0.25) is 0 Å². The van der Waals surface area contributed by atoms with Crippen LogP contribution in [0.4, 0.5) is 23.7 Å². The Balaban J connectivity index is 2.26. The Bertz CT molecular complexity index is 893. The Kier molecular flexibility index (Phi) is 4.77. The normalized spacial score (nSPS) is 22.4. The number of benzene rings is 1. The zero-order chi connectivity index (χ0) is 20.0. The van der Waals surface area contributed by atoms with Crippen LogP contribution in [0.2, 0.25) is 5.15 Å². The van der Waals surface area contributed by atoms with Crippen molar-refractivity contribution in [1.82, 2.24) is 9.97 Å². The first kappa shape index (κ1) is 19.4. The highest BCUT2D eigenvalue weighted by Crippen LogP contribution is 2.47. The molecular formula is C17H16ClF3N4O2. The third kappa shape index (κ3) is 3.44. The minimum atomic E-state index is -4.57. The molecule has 0 saturated carbocycles. The number of rotatable bonds is 2. The SMILES string of the molecule is CC[C@]1(N)C[C@H](c2cc(Cl)ncn2)c2cc(C(F)(F)F)ccc2N1C(=O)O. The second kappa shape index (κ2) is 6.65. The number of carbonyl (C=O) groups is 1. The lowest BCUT2D eigenvalue weighted by molar-refractivity contribution is -0.137. The van der Waals surface area contributed by atoms with Crippen molar-refractivity contribution >= 4 is 23.4 Å². The van der Waals surface area contributed by atoms with E-state index < -0.39 is 29.4 Å². The molecule has 2 aromatic rings. The summed E-state index contributed by atoms with van der Waals surface area (Å²) in [6.07, 6.45) is -4.39. The number of hydrogen-bond donors (Lipinski definition) is 2. The molecule has 2 heterocycles. The van der Waals surface area contributed by atoms with E-state index in [1.165, 1.54) is 12.4 Å². The molecule has 0 unspecified atom stereocenters. The van der Waals surface area contributed by atoms with E-state index in [9.17, 15) is 23.1 Å². The van der Waals surface area contributed by atoms with Gasteiger partial charge in [-0.15, -0.1) is 0 Å². The summed E-state index contributed by atoms with van der Waals surface area (Å²) in [4.78, 5) is 20.7. The Morgan fingerprint density at radius 2 is 2.11 bits per heavy atom. The van der Waals surface area contributed by atoms with Crippen molar-refractivity contribution in [2.24, 2.45) is 5.73 Å². The number of carboxylic acid groups (broad SMARTS) is 1. The summed E-state index contributed by atoms with van der Waals surface area (Å²) < 4.78 is 39.7. The maximum atomic E-state index is 13.2. The molecule has 1 amide bonds. The molecule has 0 saturated heterocycles. The summed E-state index contributed by atoms with van der Waals surface area (Å²) in [6.45, 7) is 1.72. The van der Waals surface area contributed by atoms with Crippen LogP contribution in [0.1, 0.15) is 42.5 Å². The molecule has 1 aliphatic rings. The van der Waals surface area contributed by atoms with E-state index in [0.717, 1.165) is 23.1 Å². The summed E-state index contributed by atoms with van der Waals surface area (Å²) in [6, 6.07) is 4.38. The van der Waals surface area contributed by atoms with E-state index in [4.69, 9.17) is 17.3 Å². The summed E-state index contributed by atoms with van der Waals surface area (Å²) >= 11 is 5.91. The van der Waals surface area contributed by atoms with Crippen LogP contribution < -0.4 is 10.6 Å². The second-order valence-corrected chi connectivity index (χ2v) is 6.76. The van der Waals surface area contributed by atoms with Crippen molar-refractivity contribution in [3.05, 3.63) is 52.6 Å². The zero-order valence-corrected chi connectivity index (χ0v) is 14.9. The average Bonchev–Trinajstić information content (AvgIpc) is 2.59. The number of halogens is 4. The predicted octanol–water partition coefficient (Wildman–Crippen LogP) is 4.23. The number of anilines is 1. The van der Waals surface area contributed by atoms with E-state index in [1.54, 1.807) is 6.92 Å². The highest BCUT2D eigenvalue weighted by atomic mass is 35.5. The molecule has 2 atom stereocenters. The van der Waals surface area contributed by atoms with Gasteiger partial charge in [0, 0.05) is 5.92 Å². The molecule has 1 aliphatic heterocycles. The van der Waals surface area contributed by atoms with Crippen molar-refractivity contribution in [2.45, 2.75) is 37.5 Å². The largest absolute Gasteiger partial charge is 0.465 e. The van der Waals surface area contributed by atoms with Crippen molar-refractivity contribution in [3.63, 3.8) is 0 Å². The van der Waals surface area contributed by atoms with Crippen molar-refractivity contribution < 1.29 is 23.1 Å². The fraction of sp³-hybridized carbons (Fsp3) is 0.353. The number of nitrogens with two attached hydrogens (primary N) is 1. The lowest BCUT2D eigenvalue weighted by atomic mass is 9.79. The molecule has 144 valence electrons. The molecule has 0 aliphatic carbocycles. The minimum absolute atomic E-state index is 0.0530. The Morgan fingerprint density at radius 3 is 2.67 bits per heavy atom. The van der Waals surface area contributed by atoms with Gasteiger partial charge in [-0.2, -0.15) is 13.2 Å². The maximum Gasteiger partial charge on any atom is 0.416 e. The number of hydrogen-bond acceptors (Lipinski definition) is 4. The number of fused-ring (bicyclic) bond motifs is 1. The summed E-state index contributed by atoms with van der Waals surface area (Å²) in [5.74, 6) is -0.664. The Hall–Kier alpha value is -2.39. The van der Waals surface area contributed by atoms with Gasteiger partial charge in [0.15, 0.2) is 0 Å². The number of amides is 1. The molecule has 0 radical (unpaired) electrons. The molecule has 0 spiro atoms. The fourth-order valence-corrected chi connectivity index (χ4v) is 3.56. The average molecular weight is 401 g/mol. The van der Waals surface area contributed by atoms with E-state index in [0.29, 0.717) is 5.69 Å². The van der Waals surface area contributed by atoms with Gasteiger partial charge in [0.25, 0.3) is 0 Å². The fourth-order valence-electron chi connectivity index (χ4n) is 3.41. The maximum absolute atomic E-state index is 13.2. The molecule has 27 heavy (non-hydrogen) atoms. The van der Waals surface area contributed by atoms with Gasteiger partial charge in [-0.05, 0) is 42.7 Å². The Morgan fingerprint density at radius 1 is 1.41 bits per heavy atom. The first-order valence-corrected chi connectivity index (χ1v) is 8.45. The predicted molar refractivity (Wildman–Crippen MR) is 92.7 cm³/mol. The summed E-state index contributed by atoms with van der Waals surface area (Å²) in [7, 11) is 0. The van der Waals surface area contributed by atoms with Crippen LogP contribution in [-0.2, 0) is 6.18 Å². The quantitative estimate of drug-likeness (QED) is 0.736. The third-order valence-electron chi connectivity index (χ3n) is 4.79. The molecular weight excluding hydrogens is 385 g/mol. The number of nitrogens with zero attached hydrogens (tertiary/aromatic N) is 3. The van der Waals surface area contributed by atoms with E-state index >= 15 is 0 Å². The number of alkyl halides is 3. The van der Waals surface area contributed by atoms with Gasteiger partial charge in [-0.25, -0.2) is 14.8 Å². The van der Waals surface area contributed by atoms with E-state index in [-0.39, 0.29) is 29.2 Å². The van der Waals surface area contributed by atoms with Gasteiger partial charge >= 0.3 is 12.3 Å². The van der Waals surface area contributed by atoms with Crippen LogP contribution in [0.3, 0.4) is 0 Å². The van der Waals surface area contributed by atoms with Crippen LogP contribution in [0, 0.1) is 0 Å². The van der Waals surface area contributed by atoms with Gasteiger partial charge in [0.05, 0.1) is 16.9 Å². The van der Waals surface area contributed by atoms with Gasteiger partial charge in [-0.1, -0.05) is 18.5 Å². The van der Waals surface area contributed by atoms with Crippen LogP contribution in [0.25, 0.3) is 0 Å². The van der Waals surface area contributed by atoms with Crippen molar-refractivity contribution in [1.29, 1.82) is 0 Å². The monoisotopic (exact) mass is 400 g/mol. The molecule has 10 heteroatoms. The highest BCUT2D eigenvalue weighted by Gasteiger charge is 2.46. The van der Waals surface area contributed by atoms with E-state index in [2.05, 4.69) is 9.97 Å². The first-order valence-electron chi connectivity index (χ1n) is 8.07. The summed E-state index contributed by atoms with van der Waals surface area (Å²) in [5, 5.41) is 9.79. The lowest BCUT2D eigenvalue weighted by Gasteiger charge is -2.46. The molecule has 1 aromatic heterocycles. The van der Waals surface area contributed by atoms with Gasteiger partial charge < -0.3 is 10.8 Å². The lowest BCUT2D eigenvalue weighted by Crippen LogP contribution is -2.61. The van der Waals surface area contributed by atoms with Gasteiger partial charge in [-0.3, -0.25) is 4.90 Å². The highest BCUT2D eigenvalue weighted by molar-refractivity contribution is 6.29. The third-order valence-corrected chi connectivity index (χ3v) is 5.00. The van der Waals surface area contributed by atoms with Crippen LogP contribution >= 0.6 is 11.6 Å². The molecule has 6 nitrogen and oxygen atoms in total. The van der Waals surface area contributed by atoms with Crippen LogP contribution in [0.5, 0.6) is 0 Å². The molecule has 1 aromatic carbocycles. The zero-order valence-electron chi connectivity index (χ0n) is 14.2. The number of aromatic nitrogens is 2. The molecule has 0 fully saturated rings. The second-order valence-electron chi connectivity index (χ2n) is 6.37. The van der Waals surface area contributed by atoms with E-state index in [1.807, 2.05) is 0 Å². The van der Waals surface area contributed by atoms with Crippen LogP contribution in [-0.4, -0.2) is 26.8 Å². The smallest absolute Gasteiger partial charge is 0.416 e. The molecule has 0 bridgehead atoms. The van der Waals surface area contributed by atoms with Crippen LogP contribution in [0.15, 0.2) is 30.6 Å². The topological polar surface area (TPSA) is 92.3 Å². The Labute approximate surface area is 157 Å². The molecule has 3 rings (SSSR count). The standard InChI is InChI=1S/C17H16ClF3N4O2/c1-2-16(22)7-11(12-6-14(18)24-8-23-12)10-5-9(17(19,20)21)3-4-13(10)25(16)15(26)27/h3-6,8,11H,2,7,22H2,1H3,(H,26,27)/t11-,16+/m0/s1.